The smallest absolute Gasteiger partial charge is 0.164 e. The number of pyridine rings is 1. The van der Waals surface area contributed by atoms with Gasteiger partial charge in [-0.25, -0.2) is 9.97 Å². The van der Waals surface area contributed by atoms with E-state index in [-0.39, 0.29) is 18.2 Å². The predicted molar refractivity (Wildman–Crippen MR) is 74.5 cm³/mol. The molecule has 2 aliphatic rings. The first-order valence-corrected chi connectivity index (χ1v) is 6.94. The van der Waals surface area contributed by atoms with Gasteiger partial charge in [0.25, 0.3) is 0 Å². The molecule has 1 aliphatic heterocycles. The molecule has 0 amide bonds. The summed E-state index contributed by atoms with van der Waals surface area (Å²) in [5, 5.41) is 0.454. The van der Waals surface area contributed by atoms with Crippen LogP contribution in [0.25, 0.3) is 11.0 Å². The van der Waals surface area contributed by atoms with Gasteiger partial charge in [0.1, 0.15) is 17.7 Å². The van der Waals surface area contributed by atoms with Gasteiger partial charge in [-0.3, -0.25) is 0 Å². The number of nitrogens with zero attached hydrogens (tertiary/aromatic N) is 3. The average Bonchev–Trinajstić information content (AvgIpc) is 3.01. The molecule has 0 spiro atoms. The maximum Gasteiger partial charge on any atom is 0.164 e. The standard InChI is InChI=1S/C14H14ClN3O2/c1-14(2)19-10-4-3-9(12(10)20-14)18-7-17-8-5-6-16-13(15)11(8)18/h3-7,9-10,12H,1-2H3/t9-,10+,12-/m0/s1. The summed E-state index contributed by atoms with van der Waals surface area (Å²) in [6.07, 6.45) is 7.48. The van der Waals surface area contributed by atoms with Crippen molar-refractivity contribution in [1.29, 1.82) is 0 Å². The number of ether oxygens (including phenoxy) is 2. The average molecular weight is 292 g/mol. The topological polar surface area (TPSA) is 49.2 Å². The third kappa shape index (κ3) is 1.70. The van der Waals surface area contributed by atoms with Crippen molar-refractivity contribution in [1.82, 2.24) is 14.5 Å². The van der Waals surface area contributed by atoms with Gasteiger partial charge >= 0.3 is 0 Å². The molecule has 1 aliphatic carbocycles. The molecule has 3 heterocycles. The zero-order valence-corrected chi connectivity index (χ0v) is 11.9. The molecule has 0 bridgehead atoms. The fourth-order valence-electron chi connectivity index (χ4n) is 2.98. The Bertz CT molecular complexity index is 710. The highest BCUT2D eigenvalue weighted by Crippen LogP contribution is 2.41. The molecule has 0 radical (unpaired) electrons. The van der Waals surface area contributed by atoms with Gasteiger partial charge in [-0.2, -0.15) is 0 Å². The Balaban J connectivity index is 1.79. The van der Waals surface area contributed by atoms with Crippen molar-refractivity contribution in [3.63, 3.8) is 0 Å². The van der Waals surface area contributed by atoms with Gasteiger partial charge in [-0.1, -0.05) is 23.8 Å². The summed E-state index contributed by atoms with van der Waals surface area (Å²) in [6, 6.07) is 1.87. The van der Waals surface area contributed by atoms with E-state index >= 15 is 0 Å². The number of fused-ring (bicyclic) bond motifs is 2. The highest BCUT2D eigenvalue weighted by molar-refractivity contribution is 6.33. The summed E-state index contributed by atoms with van der Waals surface area (Å²) in [6.45, 7) is 3.85. The first-order valence-electron chi connectivity index (χ1n) is 6.56. The minimum absolute atomic E-state index is 0.0217. The minimum Gasteiger partial charge on any atom is -0.342 e. The van der Waals surface area contributed by atoms with E-state index < -0.39 is 5.79 Å². The van der Waals surface area contributed by atoms with Crippen molar-refractivity contribution in [3.05, 3.63) is 35.9 Å². The van der Waals surface area contributed by atoms with Crippen molar-refractivity contribution >= 4 is 22.6 Å². The second-order valence-corrected chi connectivity index (χ2v) is 5.92. The quantitative estimate of drug-likeness (QED) is 0.599. The normalized spacial score (nSPS) is 31.1. The Labute approximate surface area is 121 Å². The van der Waals surface area contributed by atoms with Crippen molar-refractivity contribution in [3.8, 4) is 0 Å². The van der Waals surface area contributed by atoms with Gasteiger partial charge in [0, 0.05) is 6.20 Å². The number of aromatic nitrogens is 3. The lowest BCUT2D eigenvalue weighted by Crippen LogP contribution is -2.27. The second-order valence-electron chi connectivity index (χ2n) is 5.56. The maximum atomic E-state index is 6.21. The first kappa shape index (κ1) is 12.3. The van der Waals surface area contributed by atoms with Crippen LogP contribution in [0.3, 0.4) is 0 Å². The lowest BCUT2D eigenvalue weighted by molar-refractivity contribution is -0.146. The molecule has 6 heteroatoms. The van der Waals surface area contributed by atoms with E-state index in [9.17, 15) is 0 Å². The number of halogens is 1. The van der Waals surface area contributed by atoms with Gasteiger partial charge in [0.05, 0.1) is 17.9 Å². The van der Waals surface area contributed by atoms with Gasteiger partial charge in [0.2, 0.25) is 0 Å². The maximum absolute atomic E-state index is 6.21. The van der Waals surface area contributed by atoms with Crippen LogP contribution >= 0.6 is 11.6 Å². The minimum atomic E-state index is -0.559. The molecule has 0 aromatic carbocycles. The fourth-order valence-corrected chi connectivity index (χ4v) is 3.24. The van der Waals surface area contributed by atoms with E-state index in [2.05, 4.69) is 16.0 Å². The van der Waals surface area contributed by atoms with E-state index in [0.29, 0.717) is 5.15 Å². The Morgan fingerprint density at radius 1 is 1.25 bits per heavy atom. The molecule has 0 N–H and O–H groups in total. The van der Waals surface area contributed by atoms with E-state index in [1.807, 2.05) is 30.6 Å². The van der Waals surface area contributed by atoms with Crippen LogP contribution in [0.1, 0.15) is 19.9 Å². The van der Waals surface area contributed by atoms with Gasteiger partial charge in [-0.15, -0.1) is 0 Å². The molecule has 1 saturated heterocycles. The van der Waals surface area contributed by atoms with Gasteiger partial charge in [-0.05, 0) is 19.9 Å². The third-order valence-corrected chi connectivity index (χ3v) is 4.03. The molecule has 1 fully saturated rings. The zero-order valence-electron chi connectivity index (χ0n) is 11.2. The van der Waals surface area contributed by atoms with Crippen LogP contribution in [-0.2, 0) is 9.47 Å². The summed E-state index contributed by atoms with van der Waals surface area (Å²) in [5.41, 5.74) is 1.66. The number of imidazole rings is 1. The summed E-state index contributed by atoms with van der Waals surface area (Å²) in [5.74, 6) is -0.559. The number of hydrogen-bond donors (Lipinski definition) is 0. The Morgan fingerprint density at radius 2 is 2.10 bits per heavy atom. The summed E-state index contributed by atoms with van der Waals surface area (Å²) in [7, 11) is 0. The Hall–Kier alpha value is -1.43. The molecule has 2 aromatic heterocycles. The fraction of sp³-hybridized carbons (Fsp3) is 0.429. The molecule has 104 valence electrons. The second kappa shape index (κ2) is 4.04. The molecule has 0 saturated carbocycles. The summed E-state index contributed by atoms with van der Waals surface area (Å²) in [4.78, 5) is 8.52. The monoisotopic (exact) mass is 291 g/mol. The van der Waals surface area contributed by atoms with E-state index in [1.54, 1.807) is 12.5 Å². The van der Waals surface area contributed by atoms with Gasteiger partial charge < -0.3 is 14.0 Å². The molecular weight excluding hydrogens is 278 g/mol. The van der Waals surface area contributed by atoms with Crippen LogP contribution in [0.5, 0.6) is 0 Å². The van der Waals surface area contributed by atoms with Crippen molar-refractivity contribution in [2.45, 2.75) is 37.9 Å². The van der Waals surface area contributed by atoms with Crippen molar-refractivity contribution in [2.24, 2.45) is 0 Å². The largest absolute Gasteiger partial charge is 0.342 e. The first-order chi connectivity index (χ1) is 9.55. The predicted octanol–water partition coefficient (Wildman–Crippen LogP) is 2.72. The van der Waals surface area contributed by atoms with E-state index in [4.69, 9.17) is 21.1 Å². The van der Waals surface area contributed by atoms with Crippen LogP contribution in [0.15, 0.2) is 30.7 Å². The van der Waals surface area contributed by atoms with Crippen LogP contribution in [0.4, 0.5) is 0 Å². The van der Waals surface area contributed by atoms with Gasteiger partial charge in [0.15, 0.2) is 10.9 Å². The highest BCUT2D eigenvalue weighted by atomic mass is 35.5. The molecule has 0 unspecified atom stereocenters. The summed E-state index contributed by atoms with van der Waals surface area (Å²) >= 11 is 6.21. The highest BCUT2D eigenvalue weighted by Gasteiger charge is 2.47. The molecule has 2 aromatic rings. The SMILES string of the molecule is CC1(C)O[C@@H]2[C@@H](C=C[C@@H]2n2cnc3ccnc(Cl)c32)O1. The third-order valence-electron chi connectivity index (χ3n) is 3.76. The van der Waals surface area contributed by atoms with Crippen LogP contribution in [0.2, 0.25) is 5.15 Å². The molecule has 4 rings (SSSR count). The zero-order chi connectivity index (χ0) is 13.9. The molecule has 5 nitrogen and oxygen atoms in total. The van der Waals surface area contributed by atoms with Crippen molar-refractivity contribution in [2.75, 3.05) is 0 Å². The molecule has 3 atom stereocenters. The molecule has 20 heavy (non-hydrogen) atoms. The van der Waals surface area contributed by atoms with Crippen LogP contribution in [-0.4, -0.2) is 32.5 Å². The van der Waals surface area contributed by atoms with E-state index in [0.717, 1.165) is 11.0 Å². The molecular formula is C14H14ClN3O2. The number of hydrogen-bond acceptors (Lipinski definition) is 4. The van der Waals surface area contributed by atoms with Crippen LogP contribution in [0, 0.1) is 0 Å². The van der Waals surface area contributed by atoms with Crippen LogP contribution < -0.4 is 0 Å². The Kier molecular flexibility index (Phi) is 2.49. The number of rotatable bonds is 1. The Morgan fingerprint density at radius 3 is 2.95 bits per heavy atom. The van der Waals surface area contributed by atoms with Crippen molar-refractivity contribution < 1.29 is 9.47 Å². The van der Waals surface area contributed by atoms with E-state index in [1.165, 1.54) is 0 Å². The summed E-state index contributed by atoms with van der Waals surface area (Å²) < 4.78 is 13.9. The lowest BCUT2D eigenvalue weighted by Gasteiger charge is -2.22. The lowest BCUT2D eigenvalue weighted by atomic mass is 10.2.